The van der Waals surface area contributed by atoms with Crippen LogP contribution in [0, 0.1) is 12.3 Å². The third-order valence-corrected chi connectivity index (χ3v) is 5.62. The second-order valence-corrected chi connectivity index (χ2v) is 8.02. The predicted octanol–water partition coefficient (Wildman–Crippen LogP) is 6.13. The van der Waals surface area contributed by atoms with Gasteiger partial charge < -0.3 is 9.84 Å². The van der Waals surface area contributed by atoms with Gasteiger partial charge in [-0.15, -0.1) is 0 Å². The summed E-state index contributed by atoms with van der Waals surface area (Å²) >= 11 is 13.7. The molecule has 0 radical (unpaired) electrons. The Morgan fingerprint density at radius 1 is 1.14 bits per heavy atom. The molecule has 0 spiro atoms. The van der Waals surface area contributed by atoms with Gasteiger partial charge >= 0.3 is 0 Å². The summed E-state index contributed by atoms with van der Waals surface area (Å²) in [6.45, 7) is 12.0. The SMILES string of the molecule is CC.CC.Cc1ccc(SN2CC(CO)(COc3ccnc(Cl)c3)C2)c(Cl)c1. The molecular formula is C21H30Cl2N2O2S. The maximum absolute atomic E-state index is 9.76. The van der Waals surface area contributed by atoms with Gasteiger partial charge in [-0.05, 0) is 42.6 Å². The first-order valence-corrected chi connectivity index (χ1v) is 11.1. The summed E-state index contributed by atoms with van der Waals surface area (Å²) in [7, 11) is 0. The van der Waals surface area contributed by atoms with Crippen LogP contribution in [0.25, 0.3) is 0 Å². The van der Waals surface area contributed by atoms with Crippen molar-refractivity contribution in [1.82, 2.24) is 9.29 Å². The van der Waals surface area contributed by atoms with Crippen LogP contribution in [-0.4, -0.2) is 40.7 Å². The molecule has 7 heteroatoms. The molecule has 2 heterocycles. The minimum Gasteiger partial charge on any atom is -0.493 e. The zero-order valence-electron chi connectivity index (χ0n) is 17.2. The standard InChI is InChI=1S/C17H18Cl2N2O2S.2C2H6/c1-12-2-3-15(14(18)6-12)24-21-8-17(9-21,10-22)11-23-13-4-5-20-16(19)7-13;2*1-2/h2-7,22H,8-11H2,1H3;2*1-2H3. The van der Waals surface area contributed by atoms with E-state index in [0.717, 1.165) is 28.6 Å². The fourth-order valence-electron chi connectivity index (χ4n) is 2.53. The van der Waals surface area contributed by atoms with E-state index in [2.05, 4.69) is 9.29 Å². The first-order chi connectivity index (χ1) is 13.5. The molecular weight excluding hydrogens is 415 g/mol. The third kappa shape index (κ3) is 7.12. The zero-order chi connectivity index (χ0) is 21.2. The molecule has 4 nitrogen and oxygen atoms in total. The highest BCUT2D eigenvalue weighted by Crippen LogP contribution is 2.40. The maximum Gasteiger partial charge on any atom is 0.132 e. The van der Waals surface area contributed by atoms with Gasteiger partial charge in [0.1, 0.15) is 10.9 Å². The van der Waals surface area contributed by atoms with Gasteiger partial charge in [-0.3, -0.25) is 0 Å². The zero-order valence-corrected chi connectivity index (χ0v) is 19.5. The van der Waals surface area contributed by atoms with Crippen molar-refractivity contribution in [2.75, 3.05) is 26.3 Å². The van der Waals surface area contributed by atoms with E-state index in [0.29, 0.717) is 17.5 Å². The molecule has 0 saturated carbocycles. The fraction of sp³-hybridized carbons (Fsp3) is 0.476. The van der Waals surface area contributed by atoms with Crippen molar-refractivity contribution in [1.29, 1.82) is 0 Å². The molecule has 1 N–H and O–H groups in total. The number of hydrogen-bond donors (Lipinski definition) is 1. The van der Waals surface area contributed by atoms with Crippen LogP contribution < -0.4 is 4.74 Å². The van der Waals surface area contributed by atoms with Gasteiger partial charge in [-0.1, -0.05) is 57.0 Å². The molecule has 1 aliphatic rings. The number of aliphatic hydroxyl groups is 1. The third-order valence-electron chi connectivity index (χ3n) is 3.92. The first-order valence-electron chi connectivity index (χ1n) is 9.54. The number of halogens is 2. The molecule has 0 aliphatic carbocycles. The lowest BCUT2D eigenvalue weighted by molar-refractivity contribution is -0.0226. The van der Waals surface area contributed by atoms with Gasteiger partial charge in [0.15, 0.2) is 0 Å². The van der Waals surface area contributed by atoms with Crippen LogP contribution in [0.3, 0.4) is 0 Å². The smallest absolute Gasteiger partial charge is 0.132 e. The van der Waals surface area contributed by atoms with E-state index in [-0.39, 0.29) is 12.0 Å². The lowest BCUT2D eigenvalue weighted by Crippen LogP contribution is -2.58. The molecule has 1 aromatic carbocycles. The molecule has 1 aliphatic heterocycles. The Labute approximate surface area is 183 Å². The number of rotatable bonds is 6. The average Bonchev–Trinajstić information content (AvgIpc) is 2.68. The molecule has 1 aromatic heterocycles. The Hall–Kier alpha value is -0.980. The van der Waals surface area contributed by atoms with E-state index in [9.17, 15) is 5.11 Å². The average molecular weight is 445 g/mol. The van der Waals surface area contributed by atoms with Crippen LogP contribution in [0.5, 0.6) is 5.75 Å². The molecule has 2 aromatic rings. The Bertz CT molecular complexity index is 725. The fourth-order valence-corrected chi connectivity index (χ4v) is 4.27. The summed E-state index contributed by atoms with van der Waals surface area (Å²) in [6.07, 6.45) is 1.60. The summed E-state index contributed by atoms with van der Waals surface area (Å²) in [5, 5.41) is 10.9. The Balaban J connectivity index is 0.000000921. The number of hydrogen-bond acceptors (Lipinski definition) is 5. The van der Waals surface area contributed by atoms with E-state index in [1.165, 1.54) is 0 Å². The summed E-state index contributed by atoms with van der Waals surface area (Å²) in [5.41, 5.74) is 0.877. The van der Waals surface area contributed by atoms with Gasteiger partial charge in [-0.2, -0.15) is 0 Å². The van der Waals surface area contributed by atoms with E-state index in [4.69, 9.17) is 27.9 Å². The van der Waals surface area contributed by atoms with Crippen molar-refractivity contribution >= 4 is 35.1 Å². The van der Waals surface area contributed by atoms with Gasteiger partial charge in [0.2, 0.25) is 0 Å². The quantitative estimate of drug-likeness (QED) is 0.428. The van der Waals surface area contributed by atoms with E-state index < -0.39 is 0 Å². The second kappa shape index (κ2) is 12.6. The number of aryl methyl sites for hydroxylation is 1. The normalized spacial score (nSPS) is 14.7. The second-order valence-electron chi connectivity index (χ2n) is 6.08. The summed E-state index contributed by atoms with van der Waals surface area (Å²) in [5.74, 6) is 0.663. The minimum atomic E-state index is -0.264. The topological polar surface area (TPSA) is 45.6 Å². The van der Waals surface area contributed by atoms with E-state index >= 15 is 0 Å². The van der Waals surface area contributed by atoms with Crippen molar-refractivity contribution in [3.05, 3.63) is 52.3 Å². The summed E-state index contributed by atoms with van der Waals surface area (Å²) in [4.78, 5) is 4.95. The molecule has 1 fully saturated rings. The van der Waals surface area contributed by atoms with Gasteiger partial charge in [0.25, 0.3) is 0 Å². The largest absolute Gasteiger partial charge is 0.493 e. The molecule has 0 amide bonds. The summed E-state index contributed by atoms with van der Waals surface area (Å²) in [6, 6.07) is 9.46. The predicted molar refractivity (Wildman–Crippen MR) is 121 cm³/mol. The lowest BCUT2D eigenvalue weighted by atomic mass is 9.83. The first kappa shape index (κ1) is 25.1. The van der Waals surface area contributed by atoms with Crippen molar-refractivity contribution in [2.24, 2.45) is 5.41 Å². The van der Waals surface area contributed by atoms with Gasteiger partial charge in [0.05, 0.1) is 23.7 Å². The number of pyridine rings is 1. The van der Waals surface area contributed by atoms with Crippen LogP contribution >= 0.6 is 35.1 Å². The van der Waals surface area contributed by atoms with Crippen molar-refractivity contribution in [3.8, 4) is 5.75 Å². The van der Waals surface area contributed by atoms with Crippen LogP contribution in [0.15, 0.2) is 41.4 Å². The molecule has 0 bridgehead atoms. The van der Waals surface area contributed by atoms with Crippen LogP contribution in [0.2, 0.25) is 10.2 Å². The van der Waals surface area contributed by atoms with Gasteiger partial charge in [0, 0.05) is 30.2 Å². The Kier molecular flexibility index (Phi) is 11.2. The molecule has 28 heavy (non-hydrogen) atoms. The van der Waals surface area contributed by atoms with Crippen molar-refractivity contribution < 1.29 is 9.84 Å². The molecule has 156 valence electrons. The van der Waals surface area contributed by atoms with Crippen LogP contribution in [0.1, 0.15) is 33.3 Å². The molecule has 3 rings (SSSR count). The lowest BCUT2D eigenvalue weighted by Gasteiger charge is -2.47. The minimum absolute atomic E-state index is 0.0739. The molecule has 1 saturated heterocycles. The number of nitrogens with zero attached hydrogens (tertiary/aromatic N) is 2. The Morgan fingerprint density at radius 3 is 2.39 bits per heavy atom. The van der Waals surface area contributed by atoms with Crippen molar-refractivity contribution in [2.45, 2.75) is 39.5 Å². The number of aliphatic hydroxyl groups excluding tert-OH is 1. The van der Waals surface area contributed by atoms with Crippen molar-refractivity contribution in [3.63, 3.8) is 0 Å². The monoisotopic (exact) mass is 444 g/mol. The van der Waals surface area contributed by atoms with Crippen LogP contribution in [-0.2, 0) is 0 Å². The molecule has 0 atom stereocenters. The van der Waals surface area contributed by atoms with E-state index in [1.807, 2.05) is 52.8 Å². The van der Waals surface area contributed by atoms with Crippen LogP contribution in [0.4, 0.5) is 0 Å². The Morgan fingerprint density at radius 2 is 1.82 bits per heavy atom. The number of aromatic nitrogens is 1. The highest BCUT2D eigenvalue weighted by Gasteiger charge is 2.44. The summed E-state index contributed by atoms with van der Waals surface area (Å²) < 4.78 is 7.95. The highest BCUT2D eigenvalue weighted by molar-refractivity contribution is 7.97. The van der Waals surface area contributed by atoms with E-state index in [1.54, 1.807) is 30.3 Å². The number of ether oxygens (including phenoxy) is 1. The molecule has 0 unspecified atom stereocenters. The maximum atomic E-state index is 9.76. The number of benzene rings is 1. The van der Waals surface area contributed by atoms with Gasteiger partial charge in [-0.25, -0.2) is 9.29 Å². The highest BCUT2D eigenvalue weighted by atomic mass is 35.5.